The maximum Gasteiger partial charge on any atom is 0.233 e. The Labute approximate surface area is 140 Å². The maximum atomic E-state index is 13.5. The van der Waals surface area contributed by atoms with Gasteiger partial charge in [0.25, 0.3) is 0 Å². The lowest BCUT2D eigenvalue weighted by molar-refractivity contribution is -0.123. The van der Waals surface area contributed by atoms with E-state index < -0.39 is 41.4 Å². The van der Waals surface area contributed by atoms with E-state index in [9.17, 15) is 22.8 Å². The molecular formula is C16H12ClF3N2O2. The van der Waals surface area contributed by atoms with E-state index in [1.165, 1.54) is 0 Å². The highest BCUT2D eigenvalue weighted by Gasteiger charge is 2.17. The van der Waals surface area contributed by atoms with E-state index in [2.05, 4.69) is 5.32 Å². The molecule has 0 aromatic heterocycles. The molecule has 0 aliphatic rings. The molecule has 0 bridgehead atoms. The number of rotatable bonds is 4. The molecule has 126 valence electrons. The van der Waals surface area contributed by atoms with Crippen LogP contribution in [-0.4, -0.2) is 11.8 Å². The number of amides is 2. The van der Waals surface area contributed by atoms with Gasteiger partial charge in [0.1, 0.15) is 6.42 Å². The minimum absolute atomic E-state index is 0.469. The number of anilines is 2. The maximum absolute atomic E-state index is 13.5. The van der Waals surface area contributed by atoms with Crippen molar-refractivity contribution in [1.82, 2.24) is 0 Å². The fraction of sp³-hybridized carbons (Fsp3) is 0.125. The molecule has 0 saturated carbocycles. The first kappa shape index (κ1) is 17.8. The third-order valence-electron chi connectivity index (χ3n) is 3.09. The molecule has 0 fully saturated rings. The summed E-state index contributed by atoms with van der Waals surface area (Å²) in [5.74, 6) is -6.13. The Hall–Kier alpha value is -2.54. The molecule has 0 aliphatic carbocycles. The summed E-state index contributed by atoms with van der Waals surface area (Å²) in [5, 5.41) is 5.02. The van der Waals surface area contributed by atoms with Crippen LogP contribution < -0.4 is 10.6 Å². The Morgan fingerprint density at radius 3 is 2.17 bits per heavy atom. The summed E-state index contributed by atoms with van der Waals surface area (Å²) in [5.41, 5.74) is 0.619. The van der Waals surface area contributed by atoms with Crippen LogP contribution in [-0.2, 0) is 9.59 Å². The topological polar surface area (TPSA) is 58.2 Å². The van der Waals surface area contributed by atoms with E-state index in [4.69, 9.17) is 11.6 Å². The van der Waals surface area contributed by atoms with Crippen molar-refractivity contribution in [2.45, 2.75) is 13.3 Å². The first-order valence-electron chi connectivity index (χ1n) is 6.77. The molecule has 4 nitrogen and oxygen atoms in total. The largest absolute Gasteiger partial charge is 0.325 e. The van der Waals surface area contributed by atoms with Gasteiger partial charge in [-0.1, -0.05) is 11.6 Å². The molecule has 2 amide bonds. The summed E-state index contributed by atoms with van der Waals surface area (Å²) in [7, 11) is 0. The van der Waals surface area contributed by atoms with Gasteiger partial charge in [-0.2, -0.15) is 0 Å². The third kappa shape index (κ3) is 4.26. The van der Waals surface area contributed by atoms with Crippen LogP contribution in [0.25, 0.3) is 0 Å². The molecule has 0 aliphatic heterocycles. The lowest BCUT2D eigenvalue weighted by atomic mass is 10.2. The number of hydrogen-bond acceptors (Lipinski definition) is 2. The summed E-state index contributed by atoms with van der Waals surface area (Å²) in [6.45, 7) is 1.72. The summed E-state index contributed by atoms with van der Waals surface area (Å²) in [6, 6.07) is 6.31. The smallest absolute Gasteiger partial charge is 0.233 e. The summed E-state index contributed by atoms with van der Waals surface area (Å²) in [6.07, 6.45) is -0.625. The van der Waals surface area contributed by atoms with E-state index in [-0.39, 0.29) is 0 Å². The average Bonchev–Trinajstić information content (AvgIpc) is 2.50. The number of hydrogen-bond donors (Lipinski definition) is 2. The lowest BCUT2D eigenvalue weighted by Gasteiger charge is -2.10. The Kier molecular flexibility index (Phi) is 5.46. The van der Waals surface area contributed by atoms with Crippen LogP contribution in [0, 0.1) is 24.4 Å². The molecule has 2 aromatic carbocycles. The molecule has 0 atom stereocenters. The van der Waals surface area contributed by atoms with Gasteiger partial charge in [0.05, 0.1) is 5.69 Å². The monoisotopic (exact) mass is 356 g/mol. The molecule has 0 unspecified atom stereocenters. The zero-order valence-corrected chi connectivity index (χ0v) is 13.2. The second kappa shape index (κ2) is 7.35. The van der Waals surface area contributed by atoms with Crippen LogP contribution in [0.5, 0.6) is 0 Å². The minimum atomic E-state index is -1.70. The summed E-state index contributed by atoms with van der Waals surface area (Å²) in [4.78, 5) is 23.5. The molecule has 0 spiro atoms. The highest BCUT2D eigenvalue weighted by Crippen LogP contribution is 2.21. The first-order chi connectivity index (χ1) is 11.3. The van der Waals surface area contributed by atoms with Crippen molar-refractivity contribution in [3.8, 4) is 0 Å². The van der Waals surface area contributed by atoms with Gasteiger partial charge >= 0.3 is 0 Å². The predicted octanol–water partition coefficient (Wildman–Crippen LogP) is 4.03. The molecule has 2 rings (SSSR count). The zero-order valence-electron chi connectivity index (χ0n) is 12.4. The van der Waals surface area contributed by atoms with Crippen LogP contribution in [0.3, 0.4) is 0 Å². The van der Waals surface area contributed by atoms with Crippen molar-refractivity contribution in [3.63, 3.8) is 0 Å². The second-order valence-electron chi connectivity index (χ2n) is 4.96. The SMILES string of the molecule is Cc1cc(Cl)ccc1NC(=O)CC(=O)Nc1ccc(F)c(F)c1F. The number of halogens is 4. The molecule has 0 radical (unpaired) electrons. The van der Waals surface area contributed by atoms with Gasteiger partial charge in [0.2, 0.25) is 11.8 Å². The predicted molar refractivity (Wildman–Crippen MR) is 84.4 cm³/mol. The number of aryl methyl sites for hydroxylation is 1. The van der Waals surface area contributed by atoms with Crippen LogP contribution in [0.2, 0.25) is 5.02 Å². The van der Waals surface area contributed by atoms with Crippen molar-refractivity contribution in [2.24, 2.45) is 0 Å². The molecule has 2 N–H and O–H groups in total. The summed E-state index contributed by atoms with van der Waals surface area (Å²) >= 11 is 5.80. The van der Waals surface area contributed by atoms with Gasteiger partial charge in [0, 0.05) is 10.7 Å². The number of carbonyl (C=O) groups is 2. The van der Waals surface area contributed by atoms with E-state index in [1.807, 2.05) is 5.32 Å². The Morgan fingerprint density at radius 2 is 1.54 bits per heavy atom. The van der Waals surface area contributed by atoms with Gasteiger partial charge in [-0.05, 0) is 42.8 Å². The van der Waals surface area contributed by atoms with Gasteiger partial charge in [-0.15, -0.1) is 0 Å². The van der Waals surface area contributed by atoms with Crippen molar-refractivity contribution >= 4 is 34.8 Å². The Bertz CT molecular complexity index is 812. The van der Waals surface area contributed by atoms with Gasteiger partial charge in [0.15, 0.2) is 17.5 Å². The molecule has 24 heavy (non-hydrogen) atoms. The number of benzene rings is 2. The van der Waals surface area contributed by atoms with Gasteiger partial charge in [-0.25, -0.2) is 13.2 Å². The number of nitrogens with one attached hydrogen (secondary N) is 2. The number of carbonyl (C=O) groups excluding carboxylic acids is 2. The minimum Gasteiger partial charge on any atom is -0.325 e. The highest BCUT2D eigenvalue weighted by atomic mass is 35.5. The van der Waals surface area contributed by atoms with Crippen LogP contribution >= 0.6 is 11.6 Å². The highest BCUT2D eigenvalue weighted by molar-refractivity contribution is 6.30. The lowest BCUT2D eigenvalue weighted by Crippen LogP contribution is -2.22. The molecule has 8 heteroatoms. The Morgan fingerprint density at radius 1 is 0.958 bits per heavy atom. The molecule has 2 aromatic rings. The van der Waals surface area contributed by atoms with E-state index in [0.717, 1.165) is 6.07 Å². The molecular weight excluding hydrogens is 345 g/mol. The Balaban J connectivity index is 1.99. The first-order valence-corrected chi connectivity index (χ1v) is 7.15. The molecule has 0 heterocycles. The van der Waals surface area contributed by atoms with Crippen molar-refractivity contribution in [3.05, 3.63) is 58.4 Å². The second-order valence-corrected chi connectivity index (χ2v) is 5.39. The van der Waals surface area contributed by atoms with Crippen molar-refractivity contribution < 1.29 is 22.8 Å². The van der Waals surface area contributed by atoms with Crippen LogP contribution in [0.1, 0.15) is 12.0 Å². The van der Waals surface area contributed by atoms with Crippen LogP contribution in [0.4, 0.5) is 24.5 Å². The fourth-order valence-electron chi connectivity index (χ4n) is 1.92. The summed E-state index contributed by atoms with van der Waals surface area (Å²) < 4.78 is 39.3. The fourth-order valence-corrected chi connectivity index (χ4v) is 2.15. The van der Waals surface area contributed by atoms with Gasteiger partial charge in [-0.3, -0.25) is 9.59 Å². The standard InChI is InChI=1S/C16H12ClF3N2O2/c1-8-6-9(17)2-4-11(8)21-13(23)7-14(24)22-12-5-3-10(18)15(19)16(12)20/h2-6H,7H2,1H3,(H,21,23)(H,22,24). The van der Waals surface area contributed by atoms with Gasteiger partial charge < -0.3 is 10.6 Å². The van der Waals surface area contributed by atoms with Crippen molar-refractivity contribution in [2.75, 3.05) is 10.6 Å². The van der Waals surface area contributed by atoms with Crippen molar-refractivity contribution in [1.29, 1.82) is 0 Å². The molecule has 0 saturated heterocycles. The van der Waals surface area contributed by atoms with Crippen LogP contribution in [0.15, 0.2) is 30.3 Å². The third-order valence-corrected chi connectivity index (χ3v) is 3.33. The van der Waals surface area contributed by atoms with E-state index >= 15 is 0 Å². The van der Waals surface area contributed by atoms with E-state index in [0.29, 0.717) is 22.3 Å². The van der Waals surface area contributed by atoms with E-state index in [1.54, 1.807) is 25.1 Å². The normalized spacial score (nSPS) is 10.4. The quantitative estimate of drug-likeness (QED) is 0.642. The zero-order chi connectivity index (χ0) is 17.9. The average molecular weight is 357 g/mol.